The molecule has 4 fully saturated rings. The van der Waals surface area contributed by atoms with Crippen LogP contribution in [-0.2, 0) is 6.42 Å². The van der Waals surface area contributed by atoms with Crippen LogP contribution in [0.2, 0.25) is 0 Å². The van der Waals surface area contributed by atoms with Gasteiger partial charge < -0.3 is 82.2 Å². The molecule has 19 nitrogen and oxygen atoms in total. The van der Waals surface area contributed by atoms with Gasteiger partial charge in [-0.05, 0) is 118 Å². The largest absolute Gasteiger partial charge is 0.478 e. The number of carbonyl (C=O) groups is 3. The Morgan fingerprint density at radius 3 is 1.50 bits per heavy atom. The van der Waals surface area contributed by atoms with Crippen molar-refractivity contribution in [3.63, 3.8) is 0 Å². The van der Waals surface area contributed by atoms with Gasteiger partial charge in [-0.15, -0.1) is 0 Å². The van der Waals surface area contributed by atoms with E-state index in [1.807, 2.05) is 36.4 Å². The molecule has 3 aromatic rings. The molecule has 4 aliphatic rings. The summed E-state index contributed by atoms with van der Waals surface area (Å²) in [6.45, 7) is -1.14. The molecule has 0 spiro atoms. The first-order chi connectivity index (χ1) is 30.3. The Morgan fingerprint density at radius 2 is 1.09 bits per heavy atom. The first-order valence-electron chi connectivity index (χ1n) is 21.5. The van der Waals surface area contributed by atoms with Crippen molar-refractivity contribution in [2.45, 2.75) is 100 Å². The summed E-state index contributed by atoms with van der Waals surface area (Å²) in [5, 5.41) is 117. The van der Waals surface area contributed by atoms with Gasteiger partial charge in [-0.25, -0.2) is 9.59 Å². The van der Waals surface area contributed by atoms with Crippen LogP contribution in [0.1, 0.15) is 81.7 Å². The minimum Gasteiger partial charge on any atom is -0.478 e. The minimum absolute atomic E-state index is 0.0936. The standard InChI is InChI=1S/C31H32N2O5.2C7H17NO5/c34-28(32-24-12-22(29(35)36)11-23(13-24)30(37)38)25-14-27(21-4-2-1-3-5-21)33-26(25)6-7-31-15-18-8-19(16-31)10-20(9-18)17-31;2*1-8-2-4(10)6(12)7(13)5(11)3-9/h1-5,11-14,18-20,33H,6-10,15-17H2,(H,32,34)(H,35,36)(H,37,38);2*4-13H,2-3H2,1H3/t;2*4-,5+,6+,7+/m.00/s1. The lowest BCUT2D eigenvalue weighted by Crippen LogP contribution is -2.48. The highest BCUT2D eigenvalue weighted by molar-refractivity contribution is 6.07. The lowest BCUT2D eigenvalue weighted by atomic mass is 9.48. The molecule has 4 saturated carbocycles. The van der Waals surface area contributed by atoms with Crippen molar-refractivity contribution in [3.05, 3.63) is 77.0 Å². The maximum Gasteiger partial charge on any atom is 0.335 e. The summed E-state index contributed by atoms with van der Waals surface area (Å²) in [6.07, 6.45) is -1.42. The molecule has 4 bridgehead atoms. The van der Waals surface area contributed by atoms with E-state index < -0.39 is 74.0 Å². The average molecular weight is 903 g/mol. The number of H-pyrrole nitrogens is 1. The fourth-order valence-corrected chi connectivity index (χ4v) is 9.59. The summed E-state index contributed by atoms with van der Waals surface area (Å²) in [7, 11) is 3.15. The van der Waals surface area contributed by atoms with E-state index in [0.717, 1.165) is 53.6 Å². The van der Waals surface area contributed by atoms with E-state index in [1.54, 1.807) is 14.1 Å². The SMILES string of the molecule is CNC[C@H](O)[C@@H](O)[C@H](O)[C@H](O)CO.CNC[C@H](O)[C@@H](O)[C@H](O)[C@H](O)CO.O=C(O)c1cc(NC(=O)c2cc(-c3ccccc3)[nH]c2CCC23CC4CC(CC(C4)C2)C3)cc(C(=O)O)c1. The van der Waals surface area contributed by atoms with E-state index in [9.17, 15) is 34.8 Å². The molecule has 64 heavy (non-hydrogen) atoms. The van der Waals surface area contributed by atoms with E-state index in [-0.39, 0.29) is 35.8 Å². The molecule has 1 amide bonds. The van der Waals surface area contributed by atoms with Crippen LogP contribution in [0.4, 0.5) is 5.69 Å². The molecular formula is C45H66N4O15. The predicted octanol–water partition coefficient (Wildman–Crippen LogP) is -0.237. The first kappa shape index (κ1) is 52.3. The number of aromatic carboxylic acids is 2. The monoisotopic (exact) mass is 902 g/mol. The van der Waals surface area contributed by atoms with Crippen molar-refractivity contribution in [2.75, 3.05) is 45.7 Å². The third-order valence-corrected chi connectivity index (χ3v) is 12.5. The summed E-state index contributed by atoms with van der Waals surface area (Å²) < 4.78 is 0. The molecule has 2 aromatic carbocycles. The number of nitrogens with one attached hydrogen (secondary N) is 4. The number of aromatic nitrogens is 1. The highest BCUT2D eigenvalue weighted by Crippen LogP contribution is 2.61. The number of hydrogen-bond acceptors (Lipinski definition) is 15. The maximum absolute atomic E-state index is 13.5. The normalized spacial score (nSPS) is 23.5. The second kappa shape index (κ2) is 24.3. The van der Waals surface area contributed by atoms with Gasteiger partial charge in [0.15, 0.2) is 0 Å². The number of aliphatic hydroxyl groups is 10. The number of anilines is 1. The van der Waals surface area contributed by atoms with Crippen LogP contribution in [0.3, 0.4) is 0 Å². The van der Waals surface area contributed by atoms with Crippen LogP contribution < -0.4 is 16.0 Å². The molecule has 356 valence electrons. The number of aliphatic hydroxyl groups excluding tert-OH is 10. The van der Waals surface area contributed by atoms with Gasteiger partial charge >= 0.3 is 11.9 Å². The van der Waals surface area contributed by atoms with Crippen molar-refractivity contribution in [3.8, 4) is 11.3 Å². The Labute approximate surface area is 371 Å². The van der Waals surface area contributed by atoms with Gasteiger partial charge in [0.25, 0.3) is 5.91 Å². The second-order valence-corrected chi connectivity index (χ2v) is 17.4. The molecule has 1 aromatic heterocycles. The Hall–Kier alpha value is -4.35. The quantitative estimate of drug-likeness (QED) is 0.0696. The van der Waals surface area contributed by atoms with Gasteiger partial charge in [0, 0.05) is 30.2 Å². The Bertz CT molecular complexity index is 1850. The van der Waals surface area contributed by atoms with Crippen LogP contribution in [0.5, 0.6) is 0 Å². The Kier molecular flexibility index (Phi) is 19.8. The van der Waals surface area contributed by atoms with E-state index in [4.69, 9.17) is 40.9 Å². The molecule has 4 aliphatic carbocycles. The van der Waals surface area contributed by atoms with Crippen molar-refractivity contribution in [1.29, 1.82) is 0 Å². The number of rotatable bonds is 20. The number of aromatic amines is 1. The third kappa shape index (κ3) is 14.1. The summed E-state index contributed by atoms with van der Waals surface area (Å²) in [5.74, 6) is -0.323. The zero-order valence-electron chi connectivity index (χ0n) is 36.1. The molecular weight excluding hydrogens is 837 g/mol. The fourth-order valence-electron chi connectivity index (χ4n) is 9.59. The third-order valence-electron chi connectivity index (χ3n) is 12.5. The second-order valence-electron chi connectivity index (χ2n) is 17.4. The van der Waals surface area contributed by atoms with E-state index in [1.165, 1.54) is 50.7 Å². The molecule has 0 aliphatic heterocycles. The molecule has 19 heteroatoms. The van der Waals surface area contributed by atoms with Gasteiger partial charge in [-0.1, -0.05) is 30.3 Å². The van der Waals surface area contributed by atoms with Crippen molar-refractivity contribution >= 4 is 23.5 Å². The van der Waals surface area contributed by atoms with E-state index in [2.05, 4.69) is 20.9 Å². The van der Waals surface area contributed by atoms with Crippen LogP contribution in [0, 0.1) is 23.2 Å². The smallest absolute Gasteiger partial charge is 0.335 e. The average Bonchev–Trinajstić information content (AvgIpc) is 3.72. The van der Waals surface area contributed by atoms with Gasteiger partial charge in [0.05, 0.1) is 42.1 Å². The van der Waals surface area contributed by atoms with Crippen LogP contribution in [0.15, 0.2) is 54.6 Å². The molecule has 16 N–H and O–H groups in total. The van der Waals surface area contributed by atoms with Crippen LogP contribution in [-0.4, -0.2) is 173 Å². The van der Waals surface area contributed by atoms with Gasteiger partial charge in [0.1, 0.15) is 36.6 Å². The molecule has 0 radical (unpaired) electrons. The van der Waals surface area contributed by atoms with Crippen molar-refractivity contribution in [2.24, 2.45) is 23.2 Å². The number of carboxylic acid groups (broad SMARTS) is 2. The Balaban J connectivity index is 0.000000285. The molecule has 0 saturated heterocycles. The highest BCUT2D eigenvalue weighted by atomic mass is 16.4. The van der Waals surface area contributed by atoms with Gasteiger partial charge in [-0.3, -0.25) is 4.79 Å². The number of likely N-dealkylation sites (N-methyl/N-ethyl adjacent to an activating group) is 2. The number of hydrogen-bond donors (Lipinski definition) is 16. The topological polar surface area (TPSA) is 346 Å². The molecule has 7 rings (SSSR count). The molecule has 1 heterocycles. The number of benzene rings is 2. The van der Waals surface area contributed by atoms with Crippen molar-refractivity contribution < 1.29 is 75.7 Å². The predicted molar refractivity (Wildman–Crippen MR) is 234 cm³/mol. The summed E-state index contributed by atoms with van der Waals surface area (Å²) in [5.41, 5.74) is 3.32. The highest BCUT2D eigenvalue weighted by Gasteiger charge is 2.50. The van der Waals surface area contributed by atoms with E-state index >= 15 is 0 Å². The number of carbonyl (C=O) groups excluding carboxylic acids is 1. The zero-order valence-corrected chi connectivity index (χ0v) is 36.1. The fraction of sp³-hybridized carbons (Fsp3) is 0.578. The van der Waals surface area contributed by atoms with Gasteiger partial charge in [0.2, 0.25) is 0 Å². The van der Waals surface area contributed by atoms with Crippen LogP contribution in [0.25, 0.3) is 11.3 Å². The summed E-state index contributed by atoms with van der Waals surface area (Å²) >= 11 is 0. The van der Waals surface area contributed by atoms with Crippen LogP contribution >= 0.6 is 0 Å². The lowest BCUT2D eigenvalue weighted by molar-refractivity contribution is -0.113. The lowest BCUT2D eigenvalue weighted by Gasteiger charge is -2.57. The van der Waals surface area contributed by atoms with E-state index in [0.29, 0.717) is 11.0 Å². The molecule has 0 unspecified atom stereocenters. The Morgan fingerprint density at radius 1 is 0.656 bits per heavy atom. The molecule has 8 atom stereocenters. The summed E-state index contributed by atoms with van der Waals surface area (Å²) in [4.78, 5) is 40.1. The first-order valence-corrected chi connectivity index (χ1v) is 21.5. The van der Waals surface area contributed by atoms with Crippen molar-refractivity contribution in [1.82, 2.24) is 15.6 Å². The minimum atomic E-state index is -1.55. The summed E-state index contributed by atoms with van der Waals surface area (Å²) in [6, 6.07) is 15.3. The maximum atomic E-state index is 13.5. The number of amides is 1. The zero-order chi connectivity index (χ0) is 47.3. The number of carboxylic acids is 2. The number of aryl methyl sites for hydroxylation is 1. The van der Waals surface area contributed by atoms with Gasteiger partial charge in [-0.2, -0.15) is 0 Å².